The minimum absolute atomic E-state index is 0.409. The fourth-order valence-electron chi connectivity index (χ4n) is 1.49. The molecule has 0 aliphatic heterocycles. The maximum Gasteiger partial charge on any atom is 0.235 e. The van der Waals surface area contributed by atoms with Crippen LogP contribution < -0.4 is 5.73 Å². The van der Waals surface area contributed by atoms with Crippen LogP contribution in [-0.4, -0.2) is 10.9 Å². The monoisotopic (exact) mass is 278 g/mol. The third-order valence-electron chi connectivity index (χ3n) is 2.31. The molecule has 0 radical (unpaired) electrons. The first-order valence-electron chi connectivity index (χ1n) is 5.30. The molecule has 0 fully saturated rings. The van der Waals surface area contributed by atoms with Crippen LogP contribution in [-0.2, 0) is 4.79 Å². The van der Waals surface area contributed by atoms with Gasteiger partial charge in [0.1, 0.15) is 10.3 Å². The summed E-state index contributed by atoms with van der Waals surface area (Å²) in [4.78, 5) is 15.7. The molecule has 0 bridgehead atoms. The molecule has 0 spiro atoms. The Balaban J connectivity index is 2.28. The Hall–Kier alpha value is -1.52. The number of carbonyl (C=O) groups is 1. The molecule has 3 nitrogen and oxygen atoms in total. The quantitative estimate of drug-likeness (QED) is 0.875. The average molecular weight is 279 g/mol. The molecule has 0 aliphatic rings. The number of pyridine rings is 1. The van der Waals surface area contributed by atoms with Crippen molar-refractivity contribution in [1.82, 2.24) is 4.98 Å². The van der Waals surface area contributed by atoms with Gasteiger partial charge in [0.15, 0.2) is 0 Å². The number of nitrogens with two attached hydrogens (primary N) is 1. The molecular formula is C13H11ClN2OS. The van der Waals surface area contributed by atoms with E-state index >= 15 is 0 Å². The van der Waals surface area contributed by atoms with Gasteiger partial charge in [-0.25, -0.2) is 4.98 Å². The lowest BCUT2D eigenvalue weighted by molar-refractivity contribution is -0.117. The zero-order valence-electron chi connectivity index (χ0n) is 9.42. The van der Waals surface area contributed by atoms with E-state index < -0.39 is 11.2 Å². The van der Waals surface area contributed by atoms with E-state index in [1.54, 1.807) is 18.3 Å². The van der Waals surface area contributed by atoms with Crippen molar-refractivity contribution in [3.8, 4) is 0 Å². The van der Waals surface area contributed by atoms with Crippen molar-refractivity contribution in [3.63, 3.8) is 0 Å². The number of benzene rings is 1. The van der Waals surface area contributed by atoms with Crippen LogP contribution in [0.4, 0.5) is 0 Å². The summed E-state index contributed by atoms with van der Waals surface area (Å²) < 4.78 is 0. The van der Waals surface area contributed by atoms with E-state index in [-0.39, 0.29) is 0 Å². The van der Waals surface area contributed by atoms with Crippen LogP contribution >= 0.6 is 23.4 Å². The first-order valence-corrected chi connectivity index (χ1v) is 6.55. The van der Waals surface area contributed by atoms with Crippen molar-refractivity contribution in [1.29, 1.82) is 0 Å². The number of carbonyl (C=O) groups excluding carboxylic acids is 1. The molecule has 1 atom stereocenters. The minimum atomic E-state index is -0.487. The van der Waals surface area contributed by atoms with Crippen molar-refractivity contribution >= 4 is 29.3 Å². The van der Waals surface area contributed by atoms with Crippen LogP contribution in [0, 0.1) is 0 Å². The summed E-state index contributed by atoms with van der Waals surface area (Å²) in [6.07, 6.45) is 1.64. The van der Waals surface area contributed by atoms with Gasteiger partial charge in [-0.1, -0.05) is 53.7 Å². The number of nitrogens with zero attached hydrogens (tertiary/aromatic N) is 1. The summed E-state index contributed by atoms with van der Waals surface area (Å²) in [7, 11) is 0. The van der Waals surface area contributed by atoms with Gasteiger partial charge in [0.05, 0.1) is 5.02 Å². The molecule has 0 saturated heterocycles. The number of hydrogen-bond acceptors (Lipinski definition) is 3. The van der Waals surface area contributed by atoms with E-state index in [1.165, 1.54) is 11.8 Å². The SMILES string of the molecule is NC(=O)[C@H](Sc1ncccc1Cl)c1ccccc1. The van der Waals surface area contributed by atoms with E-state index in [4.69, 9.17) is 17.3 Å². The molecule has 0 aliphatic carbocycles. The van der Waals surface area contributed by atoms with Crippen LogP contribution in [0.5, 0.6) is 0 Å². The van der Waals surface area contributed by atoms with E-state index in [0.29, 0.717) is 10.0 Å². The fraction of sp³-hybridized carbons (Fsp3) is 0.0769. The second-order valence-corrected chi connectivity index (χ2v) is 5.10. The Morgan fingerprint density at radius 3 is 2.56 bits per heavy atom. The topological polar surface area (TPSA) is 56.0 Å². The third kappa shape index (κ3) is 3.03. The number of primary amides is 1. The molecule has 0 saturated carbocycles. The van der Waals surface area contributed by atoms with Gasteiger partial charge in [0.25, 0.3) is 0 Å². The largest absolute Gasteiger partial charge is 0.368 e. The Kier molecular flexibility index (Phi) is 4.23. The molecule has 1 heterocycles. The number of rotatable bonds is 4. The van der Waals surface area contributed by atoms with Crippen molar-refractivity contribution in [2.75, 3.05) is 0 Å². The summed E-state index contributed by atoms with van der Waals surface area (Å²) in [6.45, 7) is 0. The van der Waals surface area contributed by atoms with Crippen LogP contribution in [0.25, 0.3) is 0 Å². The van der Waals surface area contributed by atoms with E-state index in [9.17, 15) is 4.79 Å². The highest BCUT2D eigenvalue weighted by atomic mass is 35.5. The van der Waals surface area contributed by atoms with Gasteiger partial charge >= 0.3 is 0 Å². The predicted molar refractivity (Wildman–Crippen MR) is 73.5 cm³/mol. The second-order valence-electron chi connectivity index (χ2n) is 3.60. The van der Waals surface area contributed by atoms with Crippen molar-refractivity contribution in [3.05, 3.63) is 59.2 Å². The van der Waals surface area contributed by atoms with Crippen molar-refractivity contribution in [2.24, 2.45) is 5.73 Å². The normalized spacial score (nSPS) is 12.1. The van der Waals surface area contributed by atoms with Gasteiger partial charge in [0, 0.05) is 6.20 Å². The Morgan fingerprint density at radius 2 is 1.94 bits per heavy atom. The highest BCUT2D eigenvalue weighted by molar-refractivity contribution is 8.00. The lowest BCUT2D eigenvalue weighted by Gasteiger charge is -2.13. The van der Waals surface area contributed by atoms with E-state index in [2.05, 4.69) is 4.98 Å². The number of thioether (sulfide) groups is 1. The summed E-state index contributed by atoms with van der Waals surface area (Å²) in [5.41, 5.74) is 6.28. The minimum Gasteiger partial charge on any atom is -0.368 e. The van der Waals surface area contributed by atoms with Gasteiger partial charge in [-0.15, -0.1) is 0 Å². The summed E-state index contributed by atoms with van der Waals surface area (Å²) >= 11 is 7.28. The molecule has 1 aromatic heterocycles. The molecule has 1 amide bonds. The lowest BCUT2D eigenvalue weighted by atomic mass is 10.1. The zero-order chi connectivity index (χ0) is 13.0. The van der Waals surface area contributed by atoms with Crippen LogP contribution in [0.15, 0.2) is 53.7 Å². The molecule has 2 aromatic rings. The number of aromatic nitrogens is 1. The van der Waals surface area contributed by atoms with Crippen LogP contribution in [0.2, 0.25) is 5.02 Å². The fourth-order valence-corrected chi connectivity index (χ4v) is 2.68. The second kappa shape index (κ2) is 5.89. The molecule has 2 N–H and O–H groups in total. The maximum atomic E-state index is 11.5. The van der Waals surface area contributed by atoms with Gasteiger partial charge in [-0.3, -0.25) is 4.79 Å². The van der Waals surface area contributed by atoms with E-state index in [0.717, 1.165) is 5.56 Å². The summed E-state index contributed by atoms with van der Waals surface area (Å²) in [5.74, 6) is -0.409. The summed E-state index contributed by atoms with van der Waals surface area (Å²) in [5, 5.41) is 0.634. The molecule has 2 rings (SSSR count). The maximum absolute atomic E-state index is 11.5. The number of halogens is 1. The van der Waals surface area contributed by atoms with Crippen LogP contribution in [0.1, 0.15) is 10.8 Å². The van der Waals surface area contributed by atoms with Crippen LogP contribution in [0.3, 0.4) is 0 Å². The lowest BCUT2D eigenvalue weighted by Crippen LogP contribution is -2.19. The van der Waals surface area contributed by atoms with Crippen molar-refractivity contribution in [2.45, 2.75) is 10.3 Å². The number of amides is 1. The Morgan fingerprint density at radius 1 is 1.22 bits per heavy atom. The molecule has 92 valence electrons. The van der Waals surface area contributed by atoms with Gasteiger partial charge < -0.3 is 5.73 Å². The standard InChI is InChI=1S/C13H11ClN2OS/c14-10-7-4-8-16-13(10)18-11(12(15)17)9-5-2-1-3-6-9/h1-8,11H,(H2,15,17)/t11-/m1/s1. The Labute approximate surface area is 114 Å². The molecule has 5 heteroatoms. The van der Waals surface area contributed by atoms with Gasteiger partial charge in [-0.2, -0.15) is 0 Å². The smallest absolute Gasteiger partial charge is 0.235 e. The summed E-state index contributed by atoms with van der Waals surface area (Å²) in [6, 6.07) is 12.8. The van der Waals surface area contributed by atoms with Gasteiger partial charge in [0.2, 0.25) is 5.91 Å². The Bertz CT molecular complexity index is 548. The highest BCUT2D eigenvalue weighted by Gasteiger charge is 2.20. The highest BCUT2D eigenvalue weighted by Crippen LogP contribution is 2.36. The van der Waals surface area contributed by atoms with Crippen molar-refractivity contribution < 1.29 is 4.79 Å². The first-order chi connectivity index (χ1) is 8.68. The van der Waals surface area contributed by atoms with Gasteiger partial charge in [-0.05, 0) is 17.7 Å². The molecular weight excluding hydrogens is 268 g/mol. The molecule has 18 heavy (non-hydrogen) atoms. The zero-order valence-corrected chi connectivity index (χ0v) is 11.0. The first kappa shape index (κ1) is 12.9. The predicted octanol–water partition coefficient (Wildman–Crippen LogP) is 3.05. The molecule has 1 aromatic carbocycles. The molecule has 0 unspecified atom stereocenters. The number of hydrogen-bond donors (Lipinski definition) is 1. The van der Waals surface area contributed by atoms with E-state index in [1.807, 2.05) is 30.3 Å². The average Bonchev–Trinajstić information content (AvgIpc) is 2.38. The third-order valence-corrected chi connectivity index (χ3v) is 4.02.